The average Bonchev–Trinajstić information content (AvgIpc) is 2.45. The summed E-state index contributed by atoms with van der Waals surface area (Å²) in [4.78, 5) is 28.1. The number of rotatable bonds is 5. The molecule has 1 amide bonds. The van der Waals surface area contributed by atoms with Gasteiger partial charge in [-0.25, -0.2) is 10.8 Å². The SMILES string of the molecule is CC(C)(C)[Si](C)(C)OCC(=O)c1nc(Cl)c(Cl)cc1C(=O)NN. The Balaban J connectivity index is 3.09. The zero-order chi connectivity index (χ0) is 18.0. The van der Waals surface area contributed by atoms with E-state index in [9.17, 15) is 9.59 Å². The zero-order valence-electron chi connectivity index (χ0n) is 13.8. The van der Waals surface area contributed by atoms with Crippen LogP contribution in [0.5, 0.6) is 0 Å². The lowest BCUT2D eigenvalue weighted by Crippen LogP contribution is -2.42. The summed E-state index contributed by atoms with van der Waals surface area (Å²) >= 11 is 11.7. The molecule has 0 atom stereocenters. The number of nitrogens with two attached hydrogens (primary N) is 1. The van der Waals surface area contributed by atoms with Crippen molar-refractivity contribution in [3.63, 3.8) is 0 Å². The molecule has 1 rings (SSSR count). The average molecular weight is 378 g/mol. The van der Waals surface area contributed by atoms with Crippen molar-refractivity contribution >= 4 is 43.2 Å². The van der Waals surface area contributed by atoms with Crippen LogP contribution in [0.25, 0.3) is 0 Å². The summed E-state index contributed by atoms with van der Waals surface area (Å²) in [5.74, 6) is 4.00. The van der Waals surface area contributed by atoms with Crippen molar-refractivity contribution in [3.8, 4) is 0 Å². The molecule has 0 radical (unpaired) electrons. The van der Waals surface area contributed by atoms with Crippen molar-refractivity contribution < 1.29 is 14.0 Å². The highest BCUT2D eigenvalue weighted by Crippen LogP contribution is 2.36. The van der Waals surface area contributed by atoms with Crippen LogP contribution in [-0.4, -0.2) is 31.6 Å². The van der Waals surface area contributed by atoms with Gasteiger partial charge in [-0.1, -0.05) is 44.0 Å². The van der Waals surface area contributed by atoms with E-state index in [0.29, 0.717) is 0 Å². The molecule has 23 heavy (non-hydrogen) atoms. The Morgan fingerprint density at radius 1 is 1.35 bits per heavy atom. The molecule has 0 unspecified atom stereocenters. The van der Waals surface area contributed by atoms with E-state index in [1.165, 1.54) is 6.07 Å². The summed E-state index contributed by atoms with van der Waals surface area (Å²) < 4.78 is 5.86. The van der Waals surface area contributed by atoms with Gasteiger partial charge in [-0.3, -0.25) is 15.0 Å². The van der Waals surface area contributed by atoms with Crippen LogP contribution in [0.15, 0.2) is 6.07 Å². The monoisotopic (exact) mass is 377 g/mol. The van der Waals surface area contributed by atoms with Crippen LogP contribution in [0.2, 0.25) is 28.3 Å². The van der Waals surface area contributed by atoms with Crippen molar-refractivity contribution in [2.75, 3.05) is 6.61 Å². The molecule has 1 aromatic heterocycles. The first kappa shape index (κ1) is 20.1. The number of hydrogen-bond donors (Lipinski definition) is 2. The van der Waals surface area contributed by atoms with E-state index in [-0.39, 0.29) is 33.1 Å². The first-order valence-electron chi connectivity index (χ1n) is 6.95. The minimum absolute atomic E-state index is 0.0364. The molecule has 3 N–H and O–H groups in total. The first-order valence-corrected chi connectivity index (χ1v) is 10.6. The molecule has 0 saturated carbocycles. The van der Waals surface area contributed by atoms with Gasteiger partial charge in [0.05, 0.1) is 17.2 Å². The number of nitrogens with zero attached hydrogens (tertiary/aromatic N) is 1. The molecular formula is C14H21Cl2N3O3Si. The van der Waals surface area contributed by atoms with E-state index in [1.807, 2.05) is 18.5 Å². The highest BCUT2D eigenvalue weighted by Gasteiger charge is 2.38. The quantitative estimate of drug-likeness (QED) is 0.205. The van der Waals surface area contributed by atoms with Gasteiger partial charge < -0.3 is 4.43 Å². The number of nitrogens with one attached hydrogen (secondary N) is 1. The summed E-state index contributed by atoms with van der Waals surface area (Å²) in [7, 11) is -2.11. The van der Waals surface area contributed by atoms with E-state index in [4.69, 9.17) is 33.5 Å². The van der Waals surface area contributed by atoms with Crippen molar-refractivity contribution in [3.05, 3.63) is 27.5 Å². The molecule has 1 heterocycles. The number of Topliss-reactive ketones (excluding diaryl/α,β-unsaturated/α-hetero) is 1. The fraction of sp³-hybridized carbons (Fsp3) is 0.500. The highest BCUT2D eigenvalue weighted by molar-refractivity contribution is 6.74. The van der Waals surface area contributed by atoms with Gasteiger partial charge in [0.2, 0.25) is 5.78 Å². The number of ketones is 1. The van der Waals surface area contributed by atoms with Crippen LogP contribution in [-0.2, 0) is 4.43 Å². The van der Waals surface area contributed by atoms with Crippen molar-refractivity contribution in [1.82, 2.24) is 10.4 Å². The number of hydrogen-bond acceptors (Lipinski definition) is 5. The van der Waals surface area contributed by atoms with Gasteiger partial charge in [-0.05, 0) is 24.2 Å². The Morgan fingerprint density at radius 3 is 2.39 bits per heavy atom. The van der Waals surface area contributed by atoms with Crippen molar-refractivity contribution in [2.45, 2.75) is 38.9 Å². The third kappa shape index (κ3) is 4.74. The summed E-state index contributed by atoms with van der Waals surface area (Å²) in [6, 6.07) is 1.26. The van der Waals surface area contributed by atoms with Crippen LogP contribution in [0.4, 0.5) is 0 Å². The van der Waals surface area contributed by atoms with Crippen LogP contribution in [0, 0.1) is 0 Å². The lowest BCUT2D eigenvalue weighted by molar-refractivity contribution is 0.0887. The molecule has 0 aliphatic rings. The second-order valence-electron chi connectivity index (χ2n) is 6.60. The Hall–Kier alpha value is -0.993. The van der Waals surface area contributed by atoms with Gasteiger partial charge in [0.15, 0.2) is 8.32 Å². The van der Waals surface area contributed by atoms with Gasteiger partial charge in [-0.2, -0.15) is 0 Å². The number of halogens is 2. The van der Waals surface area contributed by atoms with E-state index >= 15 is 0 Å². The third-order valence-corrected chi connectivity index (χ3v) is 9.09. The maximum atomic E-state index is 12.4. The topological polar surface area (TPSA) is 94.3 Å². The molecule has 0 bridgehead atoms. The Kier molecular flexibility index (Phi) is 6.34. The normalized spacial score (nSPS) is 12.2. The minimum atomic E-state index is -2.11. The summed E-state index contributed by atoms with van der Waals surface area (Å²) in [6.45, 7) is 10.1. The van der Waals surface area contributed by atoms with Gasteiger partial charge in [0.1, 0.15) is 10.8 Å². The predicted molar refractivity (Wildman–Crippen MR) is 93.4 cm³/mol. The molecule has 128 valence electrons. The molecule has 0 saturated heterocycles. The van der Waals surface area contributed by atoms with Gasteiger partial charge >= 0.3 is 0 Å². The molecule has 0 aliphatic carbocycles. The zero-order valence-corrected chi connectivity index (χ0v) is 16.3. The number of carbonyl (C=O) groups is 2. The molecule has 0 spiro atoms. The smallest absolute Gasteiger partial charge is 0.267 e. The minimum Gasteiger partial charge on any atom is -0.409 e. The molecule has 9 heteroatoms. The Labute approximate surface area is 146 Å². The second kappa shape index (κ2) is 7.27. The number of aromatic nitrogens is 1. The Morgan fingerprint density at radius 2 is 1.91 bits per heavy atom. The maximum Gasteiger partial charge on any atom is 0.267 e. The number of pyridine rings is 1. The largest absolute Gasteiger partial charge is 0.409 e. The maximum absolute atomic E-state index is 12.4. The van der Waals surface area contributed by atoms with Crippen LogP contribution in [0.3, 0.4) is 0 Å². The highest BCUT2D eigenvalue weighted by atomic mass is 35.5. The van der Waals surface area contributed by atoms with Crippen molar-refractivity contribution in [2.24, 2.45) is 5.84 Å². The summed E-state index contributed by atoms with van der Waals surface area (Å²) in [5.41, 5.74) is 1.81. The molecular weight excluding hydrogens is 357 g/mol. The third-order valence-electron chi connectivity index (χ3n) is 3.94. The van der Waals surface area contributed by atoms with E-state index in [1.54, 1.807) is 0 Å². The fourth-order valence-electron chi connectivity index (χ4n) is 1.46. The molecule has 1 aromatic rings. The van der Waals surface area contributed by atoms with Crippen molar-refractivity contribution in [1.29, 1.82) is 0 Å². The lowest BCUT2D eigenvalue weighted by Gasteiger charge is -2.35. The van der Waals surface area contributed by atoms with Crippen LogP contribution < -0.4 is 11.3 Å². The fourth-order valence-corrected chi connectivity index (χ4v) is 2.68. The molecule has 0 aromatic carbocycles. The first-order chi connectivity index (χ1) is 10.4. The standard InChI is InChI=1S/C14H21Cl2N3O3Si/c1-14(2,3)23(4,5)22-7-10(20)11-8(13(21)19-17)6-9(15)12(16)18-11/h6H,7,17H2,1-5H3,(H,19,21). The van der Waals surface area contributed by atoms with Crippen LogP contribution in [0.1, 0.15) is 41.6 Å². The molecule has 0 aliphatic heterocycles. The van der Waals surface area contributed by atoms with E-state index in [2.05, 4.69) is 25.8 Å². The number of carbonyl (C=O) groups excluding carboxylic acids is 2. The van der Waals surface area contributed by atoms with Gasteiger partial charge in [0, 0.05) is 0 Å². The predicted octanol–water partition coefficient (Wildman–Crippen LogP) is 3.20. The van der Waals surface area contributed by atoms with E-state index in [0.717, 1.165) is 0 Å². The summed E-state index contributed by atoms with van der Waals surface area (Å²) in [6.07, 6.45) is 0. The summed E-state index contributed by atoms with van der Waals surface area (Å²) in [5, 5.41) is -0.0430. The number of nitrogen functional groups attached to an aromatic ring is 1. The Bertz CT molecular complexity index is 630. The number of amides is 1. The molecule has 0 fully saturated rings. The van der Waals surface area contributed by atoms with Gasteiger partial charge in [-0.15, -0.1) is 0 Å². The van der Waals surface area contributed by atoms with Crippen LogP contribution >= 0.6 is 23.2 Å². The second-order valence-corrected chi connectivity index (χ2v) is 12.2. The lowest BCUT2D eigenvalue weighted by atomic mass is 10.1. The number of hydrazine groups is 1. The van der Waals surface area contributed by atoms with Gasteiger partial charge in [0.25, 0.3) is 5.91 Å². The molecule has 6 nitrogen and oxygen atoms in total. The van der Waals surface area contributed by atoms with E-state index < -0.39 is 20.0 Å².